The standard InChI is InChI=1S/C21H33ClN2OS2/c1-16(21(25)23-13-8-14-24(2)3)27-20-12-7-6-11-19(20)26-15-17-9-4-5-10-18(17)22/h4-5,9-10,16,19-20H,6-8,11-15H2,1-3H3,(H,23,25). The van der Waals surface area contributed by atoms with E-state index in [0.717, 1.165) is 30.3 Å². The van der Waals surface area contributed by atoms with E-state index in [-0.39, 0.29) is 11.2 Å². The van der Waals surface area contributed by atoms with Crippen LogP contribution in [0.5, 0.6) is 0 Å². The quantitative estimate of drug-likeness (QED) is 0.527. The number of halogens is 1. The molecule has 3 atom stereocenters. The molecule has 6 heteroatoms. The van der Waals surface area contributed by atoms with Crippen molar-refractivity contribution in [1.29, 1.82) is 0 Å². The second-order valence-electron chi connectivity index (χ2n) is 7.49. The molecule has 2 rings (SSSR count). The van der Waals surface area contributed by atoms with E-state index in [4.69, 9.17) is 11.6 Å². The Morgan fingerprint density at radius 2 is 1.96 bits per heavy atom. The molecule has 0 heterocycles. The van der Waals surface area contributed by atoms with Crippen molar-refractivity contribution in [3.8, 4) is 0 Å². The van der Waals surface area contributed by atoms with Crippen LogP contribution in [0, 0.1) is 0 Å². The molecule has 0 aromatic heterocycles. The van der Waals surface area contributed by atoms with E-state index in [1.165, 1.54) is 31.2 Å². The van der Waals surface area contributed by atoms with Crippen LogP contribution in [-0.4, -0.2) is 53.7 Å². The average molecular weight is 429 g/mol. The SMILES string of the molecule is CC(SC1CCCCC1SCc1ccccc1Cl)C(=O)NCCCN(C)C. The third-order valence-corrected chi connectivity index (χ3v) is 8.43. The Bertz CT molecular complexity index is 585. The van der Waals surface area contributed by atoms with Gasteiger partial charge in [-0.3, -0.25) is 4.79 Å². The Labute approximate surface area is 178 Å². The predicted molar refractivity (Wildman–Crippen MR) is 122 cm³/mol. The number of hydrogen-bond donors (Lipinski definition) is 1. The van der Waals surface area contributed by atoms with Crippen molar-refractivity contribution in [1.82, 2.24) is 10.2 Å². The highest BCUT2D eigenvalue weighted by molar-refractivity contribution is 8.04. The Morgan fingerprint density at radius 1 is 1.26 bits per heavy atom. The van der Waals surface area contributed by atoms with Crippen molar-refractivity contribution in [2.75, 3.05) is 27.2 Å². The Morgan fingerprint density at radius 3 is 2.67 bits per heavy atom. The smallest absolute Gasteiger partial charge is 0.232 e. The molecule has 0 radical (unpaired) electrons. The van der Waals surface area contributed by atoms with Crippen LogP contribution < -0.4 is 5.32 Å². The summed E-state index contributed by atoms with van der Waals surface area (Å²) in [6.07, 6.45) is 6.02. The van der Waals surface area contributed by atoms with Crippen LogP contribution in [0.15, 0.2) is 24.3 Å². The maximum Gasteiger partial charge on any atom is 0.232 e. The molecular formula is C21H33ClN2OS2. The van der Waals surface area contributed by atoms with E-state index in [2.05, 4.69) is 43.4 Å². The summed E-state index contributed by atoms with van der Waals surface area (Å²) in [7, 11) is 4.12. The summed E-state index contributed by atoms with van der Waals surface area (Å²) in [5.74, 6) is 1.13. The maximum absolute atomic E-state index is 12.4. The lowest BCUT2D eigenvalue weighted by Crippen LogP contribution is -2.36. The first-order valence-electron chi connectivity index (χ1n) is 9.90. The molecule has 3 nitrogen and oxygen atoms in total. The number of benzene rings is 1. The Hall–Kier alpha value is -0.360. The molecule has 1 amide bonds. The van der Waals surface area contributed by atoms with Gasteiger partial charge in [-0.1, -0.05) is 42.6 Å². The van der Waals surface area contributed by atoms with Gasteiger partial charge in [-0.15, -0.1) is 11.8 Å². The summed E-state index contributed by atoms with van der Waals surface area (Å²) in [6, 6.07) is 8.11. The summed E-state index contributed by atoms with van der Waals surface area (Å²) in [5.41, 5.74) is 1.21. The van der Waals surface area contributed by atoms with Crippen LogP contribution in [0.4, 0.5) is 0 Å². The minimum Gasteiger partial charge on any atom is -0.355 e. The monoisotopic (exact) mass is 428 g/mol. The van der Waals surface area contributed by atoms with Gasteiger partial charge in [0.25, 0.3) is 0 Å². The number of carbonyl (C=O) groups excluding carboxylic acids is 1. The Balaban J connectivity index is 1.79. The van der Waals surface area contributed by atoms with Crippen LogP contribution in [0.2, 0.25) is 5.02 Å². The first-order chi connectivity index (χ1) is 13.0. The fourth-order valence-corrected chi connectivity index (χ4v) is 6.68. The highest BCUT2D eigenvalue weighted by Crippen LogP contribution is 2.39. The van der Waals surface area contributed by atoms with Gasteiger partial charge in [0.05, 0.1) is 5.25 Å². The molecular weight excluding hydrogens is 396 g/mol. The molecule has 1 N–H and O–H groups in total. The number of rotatable bonds is 10. The van der Waals surface area contributed by atoms with Crippen molar-refractivity contribution in [3.63, 3.8) is 0 Å². The molecule has 0 bridgehead atoms. The van der Waals surface area contributed by atoms with Gasteiger partial charge in [-0.2, -0.15) is 11.8 Å². The number of nitrogens with zero attached hydrogens (tertiary/aromatic N) is 1. The highest BCUT2D eigenvalue weighted by Gasteiger charge is 2.29. The molecule has 1 aromatic carbocycles. The third-order valence-electron chi connectivity index (χ3n) is 4.88. The van der Waals surface area contributed by atoms with E-state index in [9.17, 15) is 4.79 Å². The largest absolute Gasteiger partial charge is 0.355 e. The number of thioether (sulfide) groups is 2. The molecule has 0 aliphatic heterocycles. The average Bonchev–Trinajstić information content (AvgIpc) is 2.65. The van der Waals surface area contributed by atoms with Crippen LogP contribution in [-0.2, 0) is 10.5 Å². The van der Waals surface area contributed by atoms with Gasteiger partial charge in [0.1, 0.15) is 0 Å². The fraction of sp³-hybridized carbons (Fsp3) is 0.667. The van der Waals surface area contributed by atoms with Gasteiger partial charge < -0.3 is 10.2 Å². The Kier molecular flexibility index (Phi) is 10.4. The normalized spacial score (nSPS) is 21.2. The second-order valence-corrected chi connectivity index (χ2v) is 10.7. The van der Waals surface area contributed by atoms with Gasteiger partial charge in [0, 0.05) is 27.8 Å². The molecule has 152 valence electrons. The van der Waals surface area contributed by atoms with Crippen LogP contribution >= 0.6 is 35.1 Å². The van der Waals surface area contributed by atoms with E-state index >= 15 is 0 Å². The first kappa shape index (κ1) is 22.9. The molecule has 1 aliphatic carbocycles. The van der Waals surface area contributed by atoms with Crippen molar-refractivity contribution in [2.24, 2.45) is 0 Å². The summed E-state index contributed by atoms with van der Waals surface area (Å²) in [5, 5.41) is 5.11. The molecule has 1 aliphatic rings. The van der Waals surface area contributed by atoms with Crippen molar-refractivity contribution in [2.45, 2.75) is 60.5 Å². The fourth-order valence-electron chi connectivity index (χ4n) is 3.30. The summed E-state index contributed by atoms with van der Waals surface area (Å²) in [4.78, 5) is 14.6. The van der Waals surface area contributed by atoms with Crippen LogP contribution in [0.25, 0.3) is 0 Å². The minimum atomic E-state index is 0.0101. The lowest BCUT2D eigenvalue weighted by atomic mass is 10.00. The van der Waals surface area contributed by atoms with Gasteiger partial charge in [-0.25, -0.2) is 0 Å². The molecule has 3 unspecified atom stereocenters. The second kappa shape index (κ2) is 12.3. The van der Waals surface area contributed by atoms with E-state index < -0.39 is 0 Å². The molecule has 27 heavy (non-hydrogen) atoms. The van der Waals surface area contributed by atoms with Gasteiger partial charge in [0.2, 0.25) is 5.91 Å². The highest BCUT2D eigenvalue weighted by atomic mass is 35.5. The summed E-state index contributed by atoms with van der Waals surface area (Å²) >= 11 is 10.2. The van der Waals surface area contributed by atoms with Crippen molar-refractivity contribution < 1.29 is 4.79 Å². The van der Waals surface area contributed by atoms with Gasteiger partial charge in [-0.05, 0) is 58.5 Å². The zero-order valence-electron chi connectivity index (χ0n) is 16.7. The van der Waals surface area contributed by atoms with Gasteiger partial charge in [0.15, 0.2) is 0 Å². The molecule has 1 saturated carbocycles. The van der Waals surface area contributed by atoms with Crippen molar-refractivity contribution in [3.05, 3.63) is 34.9 Å². The molecule has 1 aromatic rings. The minimum absolute atomic E-state index is 0.0101. The molecule has 0 spiro atoms. The number of nitrogens with one attached hydrogen (secondary N) is 1. The topological polar surface area (TPSA) is 32.3 Å². The summed E-state index contributed by atoms with van der Waals surface area (Å²) < 4.78 is 0. The molecule has 0 saturated heterocycles. The number of amides is 1. The van der Waals surface area contributed by atoms with E-state index in [1.54, 1.807) is 0 Å². The van der Waals surface area contributed by atoms with E-state index in [0.29, 0.717) is 10.5 Å². The lowest BCUT2D eigenvalue weighted by molar-refractivity contribution is -0.120. The van der Waals surface area contributed by atoms with Crippen LogP contribution in [0.3, 0.4) is 0 Å². The summed E-state index contributed by atoms with van der Waals surface area (Å²) in [6.45, 7) is 3.82. The third kappa shape index (κ3) is 8.26. The predicted octanol–water partition coefficient (Wildman–Crippen LogP) is 5.07. The number of carbonyl (C=O) groups is 1. The van der Waals surface area contributed by atoms with Gasteiger partial charge >= 0.3 is 0 Å². The molecule has 1 fully saturated rings. The first-order valence-corrected chi connectivity index (χ1v) is 12.3. The van der Waals surface area contributed by atoms with Crippen LogP contribution in [0.1, 0.15) is 44.6 Å². The lowest BCUT2D eigenvalue weighted by Gasteiger charge is -2.32. The number of hydrogen-bond acceptors (Lipinski definition) is 4. The zero-order valence-corrected chi connectivity index (χ0v) is 19.1. The van der Waals surface area contributed by atoms with E-state index in [1.807, 2.05) is 35.7 Å². The van der Waals surface area contributed by atoms with Crippen molar-refractivity contribution >= 4 is 41.0 Å². The zero-order chi connectivity index (χ0) is 19.6. The maximum atomic E-state index is 12.4.